The lowest BCUT2D eigenvalue weighted by Gasteiger charge is -2.11. The predicted octanol–water partition coefficient (Wildman–Crippen LogP) is 4.71. The molecule has 0 aliphatic carbocycles. The normalized spacial score (nSPS) is 11.0. The zero-order valence-corrected chi connectivity index (χ0v) is 18.3. The van der Waals surface area contributed by atoms with Gasteiger partial charge in [-0.15, -0.1) is 0 Å². The molecule has 2 N–H and O–H groups in total. The van der Waals surface area contributed by atoms with Crippen molar-refractivity contribution in [2.75, 3.05) is 16.6 Å². The number of rotatable bonds is 7. The monoisotopic (exact) mass is 476 g/mol. The van der Waals surface area contributed by atoms with Crippen LogP contribution in [-0.4, -0.2) is 26.9 Å². The van der Waals surface area contributed by atoms with Gasteiger partial charge in [0.25, 0.3) is 15.9 Å². The van der Waals surface area contributed by atoms with Crippen LogP contribution in [0.4, 0.5) is 15.8 Å². The molecule has 0 unspecified atom stereocenters. The van der Waals surface area contributed by atoms with E-state index in [2.05, 4.69) is 10.0 Å². The van der Waals surface area contributed by atoms with Crippen LogP contribution in [0.2, 0.25) is 5.02 Å². The highest BCUT2D eigenvalue weighted by molar-refractivity contribution is 7.92. The number of amides is 1. The largest absolute Gasteiger partial charge is 0.462 e. The molecule has 0 saturated carbocycles. The highest BCUT2D eigenvalue weighted by Crippen LogP contribution is 2.23. The molecule has 0 atom stereocenters. The first-order chi connectivity index (χ1) is 15.2. The first kappa shape index (κ1) is 23.2. The van der Waals surface area contributed by atoms with Crippen LogP contribution in [0.5, 0.6) is 0 Å². The summed E-state index contributed by atoms with van der Waals surface area (Å²) in [6, 6.07) is 14.9. The number of nitrogens with one attached hydrogen (secondary N) is 2. The molecule has 1 amide bonds. The Morgan fingerprint density at radius 1 is 1.03 bits per heavy atom. The van der Waals surface area contributed by atoms with Gasteiger partial charge in [0.15, 0.2) is 0 Å². The van der Waals surface area contributed by atoms with Crippen LogP contribution < -0.4 is 10.0 Å². The van der Waals surface area contributed by atoms with Gasteiger partial charge in [-0.2, -0.15) is 0 Å². The van der Waals surface area contributed by atoms with Gasteiger partial charge < -0.3 is 10.1 Å². The Morgan fingerprint density at radius 2 is 1.72 bits per heavy atom. The Hall–Kier alpha value is -3.43. The van der Waals surface area contributed by atoms with Crippen molar-refractivity contribution in [3.05, 3.63) is 88.7 Å². The van der Waals surface area contributed by atoms with Gasteiger partial charge >= 0.3 is 5.97 Å². The maximum absolute atomic E-state index is 14.5. The summed E-state index contributed by atoms with van der Waals surface area (Å²) in [6.45, 7) is 1.89. The summed E-state index contributed by atoms with van der Waals surface area (Å²) >= 11 is 5.96. The molecule has 0 heterocycles. The van der Waals surface area contributed by atoms with E-state index in [0.717, 1.165) is 18.2 Å². The van der Waals surface area contributed by atoms with Crippen LogP contribution in [0.15, 0.2) is 71.6 Å². The Morgan fingerprint density at radius 3 is 2.34 bits per heavy atom. The Bertz CT molecular complexity index is 1260. The molecule has 0 saturated heterocycles. The van der Waals surface area contributed by atoms with E-state index < -0.39 is 27.7 Å². The van der Waals surface area contributed by atoms with Crippen molar-refractivity contribution < 1.29 is 27.1 Å². The average Bonchev–Trinajstić information content (AvgIpc) is 2.75. The van der Waals surface area contributed by atoms with Crippen LogP contribution in [0.1, 0.15) is 27.6 Å². The molecule has 3 aromatic rings. The second-order valence-electron chi connectivity index (χ2n) is 6.48. The molecule has 0 fully saturated rings. The van der Waals surface area contributed by atoms with Crippen molar-refractivity contribution in [3.8, 4) is 0 Å². The SMILES string of the molecule is CCOC(=O)c1ccc(NS(=O)(=O)c2ccc(NC(=O)c3ccccc3Cl)c(F)c2)cc1. The minimum Gasteiger partial charge on any atom is -0.462 e. The standard InChI is InChI=1S/C22H18ClFN2O5S/c1-2-31-22(28)14-7-9-15(10-8-14)26-32(29,30)16-11-12-20(19(24)13-16)25-21(27)17-5-3-4-6-18(17)23/h3-13,26H,2H2,1H3,(H,25,27). The molecule has 0 spiro atoms. The molecule has 166 valence electrons. The molecule has 7 nitrogen and oxygen atoms in total. The average molecular weight is 477 g/mol. The fourth-order valence-corrected chi connectivity index (χ4v) is 3.99. The van der Waals surface area contributed by atoms with Crippen LogP contribution in [-0.2, 0) is 14.8 Å². The number of hydrogen-bond acceptors (Lipinski definition) is 5. The number of anilines is 2. The van der Waals surface area contributed by atoms with Gasteiger partial charge in [-0.3, -0.25) is 9.52 Å². The van der Waals surface area contributed by atoms with E-state index in [1.165, 1.54) is 36.4 Å². The second-order valence-corrected chi connectivity index (χ2v) is 8.57. The maximum Gasteiger partial charge on any atom is 0.338 e. The molecule has 10 heteroatoms. The van der Waals surface area contributed by atoms with Gasteiger partial charge in [-0.1, -0.05) is 23.7 Å². The van der Waals surface area contributed by atoms with Gasteiger partial charge in [0.2, 0.25) is 0 Å². The quantitative estimate of drug-likeness (QED) is 0.481. The van der Waals surface area contributed by atoms with Gasteiger partial charge in [0.05, 0.1) is 33.3 Å². The number of hydrogen-bond donors (Lipinski definition) is 2. The Labute approximate surface area is 189 Å². The predicted molar refractivity (Wildman–Crippen MR) is 119 cm³/mol. The molecular weight excluding hydrogens is 459 g/mol. The number of halogens is 2. The third kappa shape index (κ3) is 5.43. The molecule has 32 heavy (non-hydrogen) atoms. The molecular formula is C22H18ClFN2O5S. The zero-order valence-electron chi connectivity index (χ0n) is 16.8. The lowest BCUT2D eigenvalue weighted by Crippen LogP contribution is -2.16. The summed E-state index contributed by atoms with van der Waals surface area (Å²) in [4.78, 5) is 23.6. The summed E-state index contributed by atoms with van der Waals surface area (Å²) in [7, 11) is -4.12. The number of sulfonamides is 1. The first-order valence-corrected chi connectivity index (χ1v) is 11.2. The third-order valence-electron chi connectivity index (χ3n) is 4.27. The van der Waals surface area contributed by atoms with E-state index in [1.54, 1.807) is 19.1 Å². The molecule has 0 aliphatic heterocycles. The Kier molecular flexibility index (Phi) is 7.12. The van der Waals surface area contributed by atoms with Crippen LogP contribution >= 0.6 is 11.6 Å². The van der Waals surface area contributed by atoms with Gasteiger partial charge in [-0.25, -0.2) is 17.6 Å². The number of carbonyl (C=O) groups is 2. The van der Waals surface area contributed by atoms with Gasteiger partial charge in [0, 0.05) is 5.69 Å². The van der Waals surface area contributed by atoms with Crippen molar-refractivity contribution in [1.82, 2.24) is 0 Å². The fraction of sp³-hybridized carbons (Fsp3) is 0.0909. The molecule has 0 radical (unpaired) electrons. The number of ether oxygens (including phenoxy) is 1. The van der Waals surface area contributed by atoms with Crippen molar-refractivity contribution in [2.45, 2.75) is 11.8 Å². The third-order valence-corrected chi connectivity index (χ3v) is 5.97. The molecule has 3 rings (SSSR count). The van der Waals surface area contributed by atoms with Gasteiger partial charge in [0.1, 0.15) is 5.82 Å². The number of carbonyl (C=O) groups excluding carboxylic acids is 2. The van der Waals surface area contributed by atoms with Crippen molar-refractivity contribution in [1.29, 1.82) is 0 Å². The van der Waals surface area contributed by atoms with Crippen molar-refractivity contribution >= 4 is 44.9 Å². The maximum atomic E-state index is 14.5. The topological polar surface area (TPSA) is 102 Å². The summed E-state index contributed by atoms with van der Waals surface area (Å²) in [5.41, 5.74) is 0.389. The van der Waals surface area contributed by atoms with E-state index in [1.807, 2.05) is 0 Å². The van der Waals surface area contributed by atoms with E-state index in [-0.39, 0.29) is 39.0 Å². The van der Waals surface area contributed by atoms with Gasteiger partial charge in [-0.05, 0) is 61.5 Å². The first-order valence-electron chi connectivity index (χ1n) is 9.36. The van der Waals surface area contributed by atoms with E-state index in [4.69, 9.17) is 16.3 Å². The minimum absolute atomic E-state index is 0.151. The highest BCUT2D eigenvalue weighted by Gasteiger charge is 2.19. The lowest BCUT2D eigenvalue weighted by molar-refractivity contribution is 0.0526. The van der Waals surface area contributed by atoms with E-state index in [9.17, 15) is 22.4 Å². The Balaban J connectivity index is 1.75. The molecule has 0 aliphatic rings. The van der Waals surface area contributed by atoms with E-state index >= 15 is 0 Å². The van der Waals surface area contributed by atoms with Crippen LogP contribution in [0, 0.1) is 5.82 Å². The zero-order chi connectivity index (χ0) is 23.3. The number of esters is 1. The smallest absolute Gasteiger partial charge is 0.338 e. The summed E-state index contributed by atoms with van der Waals surface area (Å²) in [5, 5.41) is 2.56. The minimum atomic E-state index is -4.12. The molecule has 0 bridgehead atoms. The highest BCUT2D eigenvalue weighted by atomic mass is 35.5. The molecule has 3 aromatic carbocycles. The second kappa shape index (κ2) is 9.80. The summed E-state index contributed by atoms with van der Waals surface area (Å²) in [6.07, 6.45) is 0. The summed E-state index contributed by atoms with van der Waals surface area (Å²) < 4.78 is 46.9. The summed E-state index contributed by atoms with van der Waals surface area (Å²) in [5.74, 6) is -2.10. The lowest BCUT2D eigenvalue weighted by atomic mass is 10.2. The van der Waals surface area contributed by atoms with E-state index in [0.29, 0.717) is 0 Å². The van der Waals surface area contributed by atoms with Crippen molar-refractivity contribution in [2.24, 2.45) is 0 Å². The molecule has 0 aromatic heterocycles. The van der Waals surface area contributed by atoms with Crippen LogP contribution in [0.25, 0.3) is 0 Å². The fourth-order valence-electron chi connectivity index (χ4n) is 2.70. The van der Waals surface area contributed by atoms with Crippen molar-refractivity contribution in [3.63, 3.8) is 0 Å². The van der Waals surface area contributed by atoms with Crippen LogP contribution in [0.3, 0.4) is 0 Å². The number of benzene rings is 3.